The van der Waals surface area contributed by atoms with Crippen molar-refractivity contribution in [3.63, 3.8) is 0 Å². The number of carbonyl (C=O) groups excluding carboxylic acids is 1. The second kappa shape index (κ2) is 6.31. The van der Waals surface area contributed by atoms with Crippen molar-refractivity contribution in [1.82, 2.24) is 0 Å². The fraction of sp³-hybridized carbons (Fsp3) is 0.308. The standard InChI is InChI=1S/C13H16ClNO3/c1-8(2)5-13(16)15-10-7-11(17-3)9(14)6-12(10)18-4/h5-7H,1-4H3,(H,15,16). The molecule has 0 fully saturated rings. The molecule has 5 heteroatoms. The molecule has 1 rings (SSSR count). The van der Waals surface area contributed by atoms with Gasteiger partial charge in [-0.25, -0.2) is 0 Å². The molecule has 1 N–H and O–H groups in total. The minimum Gasteiger partial charge on any atom is -0.495 e. The lowest BCUT2D eigenvalue weighted by Crippen LogP contribution is -2.09. The quantitative estimate of drug-likeness (QED) is 0.854. The zero-order valence-electron chi connectivity index (χ0n) is 10.8. The van der Waals surface area contributed by atoms with E-state index in [-0.39, 0.29) is 5.91 Å². The highest BCUT2D eigenvalue weighted by atomic mass is 35.5. The molecule has 0 saturated carbocycles. The van der Waals surface area contributed by atoms with E-state index in [1.165, 1.54) is 20.3 Å². The molecule has 1 amide bonds. The van der Waals surface area contributed by atoms with Crippen LogP contribution in [0.1, 0.15) is 13.8 Å². The van der Waals surface area contributed by atoms with Crippen molar-refractivity contribution >= 4 is 23.2 Å². The van der Waals surface area contributed by atoms with Gasteiger partial charge in [0.1, 0.15) is 11.5 Å². The Bertz CT molecular complexity index is 479. The molecule has 0 bridgehead atoms. The lowest BCUT2D eigenvalue weighted by atomic mass is 10.2. The minimum atomic E-state index is -0.224. The number of hydrogen-bond acceptors (Lipinski definition) is 3. The largest absolute Gasteiger partial charge is 0.495 e. The van der Waals surface area contributed by atoms with Crippen molar-refractivity contribution in [1.29, 1.82) is 0 Å². The molecule has 4 nitrogen and oxygen atoms in total. The van der Waals surface area contributed by atoms with Gasteiger partial charge in [-0.3, -0.25) is 4.79 Å². The summed E-state index contributed by atoms with van der Waals surface area (Å²) in [5.41, 5.74) is 1.42. The van der Waals surface area contributed by atoms with Gasteiger partial charge in [0.15, 0.2) is 0 Å². The first-order chi connectivity index (χ1) is 8.47. The topological polar surface area (TPSA) is 47.6 Å². The van der Waals surface area contributed by atoms with Crippen LogP contribution in [0.5, 0.6) is 11.5 Å². The van der Waals surface area contributed by atoms with Crippen LogP contribution >= 0.6 is 11.6 Å². The van der Waals surface area contributed by atoms with E-state index in [4.69, 9.17) is 21.1 Å². The number of methoxy groups -OCH3 is 2. The Morgan fingerprint density at radius 2 is 1.83 bits per heavy atom. The van der Waals surface area contributed by atoms with E-state index in [9.17, 15) is 4.79 Å². The molecule has 0 aromatic heterocycles. The van der Waals surface area contributed by atoms with Crippen LogP contribution in [0.15, 0.2) is 23.8 Å². The second-order valence-corrected chi connectivity index (χ2v) is 4.31. The first-order valence-corrected chi connectivity index (χ1v) is 5.73. The first kappa shape index (κ1) is 14.4. The summed E-state index contributed by atoms with van der Waals surface area (Å²) in [5, 5.41) is 3.14. The Morgan fingerprint density at radius 1 is 1.22 bits per heavy atom. The third kappa shape index (κ3) is 3.67. The van der Waals surface area contributed by atoms with Gasteiger partial charge in [0.05, 0.1) is 24.9 Å². The van der Waals surface area contributed by atoms with Crippen LogP contribution in [-0.2, 0) is 4.79 Å². The maximum Gasteiger partial charge on any atom is 0.248 e. The molecular formula is C13H16ClNO3. The normalized spacial score (nSPS) is 9.61. The van der Waals surface area contributed by atoms with Crippen LogP contribution in [0.4, 0.5) is 5.69 Å². The maximum absolute atomic E-state index is 11.7. The molecule has 1 aromatic carbocycles. The number of ether oxygens (including phenoxy) is 2. The number of hydrogen-bond donors (Lipinski definition) is 1. The van der Waals surface area contributed by atoms with E-state index in [0.717, 1.165) is 5.57 Å². The summed E-state index contributed by atoms with van der Waals surface area (Å²) in [6.45, 7) is 3.69. The fourth-order valence-electron chi connectivity index (χ4n) is 1.39. The van der Waals surface area contributed by atoms with E-state index in [1.54, 1.807) is 12.1 Å². The summed E-state index contributed by atoms with van der Waals surface area (Å²) >= 11 is 5.97. The van der Waals surface area contributed by atoms with E-state index in [0.29, 0.717) is 22.2 Å². The zero-order valence-corrected chi connectivity index (χ0v) is 11.6. The van der Waals surface area contributed by atoms with Gasteiger partial charge >= 0.3 is 0 Å². The molecule has 0 radical (unpaired) electrons. The van der Waals surface area contributed by atoms with Crippen LogP contribution in [0.3, 0.4) is 0 Å². The number of halogens is 1. The Kier molecular flexibility index (Phi) is 5.04. The van der Waals surface area contributed by atoms with Crippen molar-refractivity contribution in [2.24, 2.45) is 0 Å². The average molecular weight is 270 g/mol. The summed E-state index contributed by atoms with van der Waals surface area (Å²) in [7, 11) is 3.02. The molecular weight excluding hydrogens is 254 g/mol. The number of rotatable bonds is 4. The van der Waals surface area contributed by atoms with Crippen LogP contribution in [0, 0.1) is 0 Å². The molecule has 98 valence electrons. The molecule has 0 saturated heterocycles. The molecule has 1 aromatic rings. The summed E-state index contributed by atoms with van der Waals surface area (Å²) in [4.78, 5) is 11.7. The van der Waals surface area contributed by atoms with Crippen LogP contribution in [0.2, 0.25) is 5.02 Å². The molecule has 0 heterocycles. The lowest BCUT2D eigenvalue weighted by Gasteiger charge is -2.12. The van der Waals surface area contributed by atoms with E-state index in [1.807, 2.05) is 13.8 Å². The summed E-state index contributed by atoms with van der Waals surface area (Å²) in [6, 6.07) is 3.22. The number of amides is 1. The predicted octanol–water partition coefficient (Wildman–Crippen LogP) is 3.26. The monoisotopic (exact) mass is 269 g/mol. The first-order valence-electron chi connectivity index (χ1n) is 5.35. The molecule has 0 aliphatic rings. The molecule has 0 atom stereocenters. The molecule has 0 spiro atoms. The van der Waals surface area contributed by atoms with Gasteiger partial charge in [0, 0.05) is 18.2 Å². The van der Waals surface area contributed by atoms with E-state index >= 15 is 0 Å². The van der Waals surface area contributed by atoms with Gasteiger partial charge < -0.3 is 14.8 Å². The maximum atomic E-state index is 11.7. The molecule has 0 aliphatic carbocycles. The van der Waals surface area contributed by atoms with E-state index in [2.05, 4.69) is 5.32 Å². The predicted molar refractivity (Wildman–Crippen MR) is 72.6 cm³/mol. The zero-order chi connectivity index (χ0) is 13.7. The minimum absolute atomic E-state index is 0.224. The highest BCUT2D eigenvalue weighted by molar-refractivity contribution is 6.32. The smallest absolute Gasteiger partial charge is 0.248 e. The summed E-state index contributed by atoms with van der Waals surface area (Å²) in [5.74, 6) is 0.735. The third-order valence-corrected chi connectivity index (χ3v) is 2.45. The fourth-order valence-corrected chi connectivity index (χ4v) is 1.62. The van der Waals surface area contributed by atoms with Crippen molar-refractivity contribution in [3.05, 3.63) is 28.8 Å². The summed E-state index contributed by atoms with van der Waals surface area (Å²) < 4.78 is 10.2. The Morgan fingerprint density at radius 3 is 2.33 bits per heavy atom. The lowest BCUT2D eigenvalue weighted by molar-refractivity contribution is -0.112. The molecule has 0 aliphatic heterocycles. The van der Waals surface area contributed by atoms with Crippen molar-refractivity contribution in [2.45, 2.75) is 13.8 Å². The average Bonchev–Trinajstić information content (AvgIpc) is 2.29. The van der Waals surface area contributed by atoms with E-state index < -0.39 is 0 Å². The second-order valence-electron chi connectivity index (χ2n) is 3.90. The van der Waals surface area contributed by atoms with Crippen LogP contribution < -0.4 is 14.8 Å². The number of carbonyl (C=O) groups is 1. The van der Waals surface area contributed by atoms with Crippen molar-refractivity contribution in [3.8, 4) is 11.5 Å². The number of anilines is 1. The highest BCUT2D eigenvalue weighted by Gasteiger charge is 2.11. The SMILES string of the molecule is COc1cc(NC(=O)C=C(C)C)c(OC)cc1Cl. The number of nitrogens with one attached hydrogen (secondary N) is 1. The number of allylic oxidation sites excluding steroid dienone is 1. The van der Waals surface area contributed by atoms with Gasteiger partial charge in [0.25, 0.3) is 0 Å². The molecule has 0 unspecified atom stereocenters. The third-order valence-electron chi connectivity index (χ3n) is 2.15. The number of benzene rings is 1. The highest BCUT2D eigenvalue weighted by Crippen LogP contribution is 2.35. The summed E-state index contributed by atoms with van der Waals surface area (Å²) in [6.07, 6.45) is 1.50. The van der Waals surface area contributed by atoms with Gasteiger partial charge in [-0.05, 0) is 13.8 Å². The van der Waals surface area contributed by atoms with Crippen molar-refractivity contribution < 1.29 is 14.3 Å². The van der Waals surface area contributed by atoms with Crippen LogP contribution in [-0.4, -0.2) is 20.1 Å². The van der Waals surface area contributed by atoms with Gasteiger partial charge in [-0.1, -0.05) is 17.2 Å². The van der Waals surface area contributed by atoms with Crippen LogP contribution in [0.25, 0.3) is 0 Å². The molecule has 18 heavy (non-hydrogen) atoms. The Balaban J connectivity index is 3.07. The van der Waals surface area contributed by atoms with Gasteiger partial charge in [-0.2, -0.15) is 0 Å². The Hall–Kier alpha value is -1.68. The Labute approximate surface area is 112 Å². The van der Waals surface area contributed by atoms with Gasteiger partial charge in [0.2, 0.25) is 5.91 Å². The van der Waals surface area contributed by atoms with Gasteiger partial charge in [-0.15, -0.1) is 0 Å². The van der Waals surface area contributed by atoms with Crippen molar-refractivity contribution in [2.75, 3.05) is 19.5 Å².